The molecule has 0 spiro atoms. The molecule has 0 bridgehead atoms. The Hall–Kier alpha value is -0.820. The number of aryl methyl sites for hydroxylation is 2. The summed E-state index contributed by atoms with van der Waals surface area (Å²) in [7, 11) is 0. The third-order valence-corrected chi connectivity index (χ3v) is 4.10. The van der Waals surface area contributed by atoms with Crippen molar-refractivity contribution in [2.24, 2.45) is 5.92 Å². The Balaban J connectivity index is 2.93. The van der Waals surface area contributed by atoms with Gasteiger partial charge < -0.3 is 5.11 Å². The van der Waals surface area contributed by atoms with Crippen LogP contribution in [0.1, 0.15) is 76.2 Å². The maximum atomic E-state index is 10.6. The monoisotopic (exact) mass is 262 g/mol. The predicted molar refractivity (Wildman–Crippen MR) is 83.5 cm³/mol. The molecule has 19 heavy (non-hydrogen) atoms. The highest BCUT2D eigenvalue weighted by atomic mass is 16.3. The van der Waals surface area contributed by atoms with Crippen molar-refractivity contribution >= 4 is 0 Å². The number of aliphatic hydroxyl groups is 1. The highest BCUT2D eigenvalue weighted by molar-refractivity contribution is 5.33. The van der Waals surface area contributed by atoms with Crippen LogP contribution in [-0.4, -0.2) is 5.11 Å². The lowest BCUT2D eigenvalue weighted by Gasteiger charge is -2.23. The summed E-state index contributed by atoms with van der Waals surface area (Å²) in [5, 5.41) is 10.6. The number of hydrogen-bond acceptors (Lipinski definition) is 1. The molecule has 0 fully saturated rings. The highest BCUT2D eigenvalue weighted by Gasteiger charge is 2.20. The third kappa shape index (κ3) is 4.35. The molecule has 0 aliphatic rings. The van der Waals surface area contributed by atoms with E-state index in [-0.39, 0.29) is 6.10 Å². The number of rotatable bonds is 8. The van der Waals surface area contributed by atoms with Gasteiger partial charge in [0.25, 0.3) is 0 Å². The van der Waals surface area contributed by atoms with Crippen molar-refractivity contribution in [1.29, 1.82) is 0 Å². The molecule has 1 N–H and O–H groups in total. The summed E-state index contributed by atoms with van der Waals surface area (Å²) in [4.78, 5) is 0. The van der Waals surface area contributed by atoms with Gasteiger partial charge in [0.05, 0.1) is 6.10 Å². The van der Waals surface area contributed by atoms with Crippen LogP contribution in [-0.2, 0) is 12.8 Å². The topological polar surface area (TPSA) is 20.2 Å². The average molecular weight is 262 g/mol. The molecule has 0 aromatic heterocycles. The van der Waals surface area contributed by atoms with Crippen LogP contribution in [0, 0.1) is 5.92 Å². The standard InChI is InChI=1S/C18H30O/c1-5-9-16(10-6-2)18(19)17-12-11-14(7-3)15(8-4)13-17/h11-13,16,18-19H,5-10H2,1-4H3. The van der Waals surface area contributed by atoms with Crippen molar-refractivity contribution in [2.75, 3.05) is 0 Å². The van der Waals surface area contributed by atoms with Gasteiger partial charge >= 0.3 is 0 Å². The Bertz CT molecular complexity index is 364. The summed E-state index contributed by atoms with van der Waals surface area (Å²) in [6.45, 7) is 8.79. The molecule has 0 aliphatic carbocycles. The molecule has 0 amide bonds. The first-order valence-electron chi connectivity index (χ1n) is 7.97. The average Bonchev–Trinajstić information content (AvgIpc) is 2.45. The van der Waals surface area contributed by atoms with Crippen LogP contribution < -0.4 is 0 Å². The van der Waals surface area contributed by atoms with Crippen molar-refractivity contribution in [1.82, 2.24) is 0 Å². The smallest absolute Gasteiger partial charge is 0.0818 e. The molecule has 1 nitrogen and oxygen atoms in total. The molecular weight excluding hydrogens is 232 g/mol. The van der Waals surface area contributed by atoms with Gasteiger partial charge in [-0.05, 0) is 48.3 Å². The molecular formula is C18H30O. The maximum Gasteiger partial charge on any atom is 0.0818 e. The Labute approximate surface area is 119 Å². The summed E-state index contributed by atoms with van der Waals surface area (Å²) < 4.78 is 0. The summed E-state index contributed by atoms with van der Waals surface area (Å²) in [6.07, 6.45) is 6.36. The largest absolute Gasteiger partial charge is 0.388 e. The van der Waals surface area contributed by atoms with Crippen molar-refractivity contribution in [3.8, 4) is 0 Å². The van der Waals surface area contributed by atoms with Crippen molar-refractivity contribution in [2.45, 2.75) is 72.3 Å². The minimum atomic E-state index is -0.295. The maximum absolute atomic E-state index is 10.6. The van der Waals surface area contributed by atoms with E-state index >= 15 is 0 Å². The zero-order valence-corrected chi connectivity index (χ0v) is 13.1. The molecule has 1 unspecified atom stereocenters. The van der Waals surface area contributed by atoms with E-state index in [1.807, 2.05) is 0 Å². The van der Waals surface area contributed by atoms with Crippen LogP contribution >= 0.6 is 0 Å². The van der Waals surface area contributed by atoms with E-state index in [1.165, 1.54) is 11.1 Å². The number of aliphatic hydroxyl groups excluding tert-OH is 1. The van der Waals surface area contributed by atoms with E-state index in [0.29, 0.717) is 5.92 Å². The Morgan fingerprint density at radius 3 is 1.95 bits per heavy atom. The van der Waals surface area contributed by atoms with E-state index in [1.54, 1.807) is 0 Å². The fourth-order valence-corrected chi connectivity index (χ4v) is 2.98. The summed E-state index contributed by atoms with van der Waals surface area (Å²) >= 11 is 0. The van der Waals surface area contributed by atoms with Gasteiger partial charge in [-0.15, -0.1) is 0 Å². The van der Waals surface area contributed by atoms with E-state index < -0.39 is 0 Å². The normalized spacial score (nSPS) is 12.9. The second-order valence-electron chi connectivity index (χ2n) is 5.52. The Morgan fingerprint density at radius 2 is 1.47 bits per heavy atom. The van der Waals surface area contributed by atoms with Gasteiger partial charge in [-0.25, -0.2) is 0 Å². The molecule has 1 atom stereocenters. The molecule has 1 aromatic rings. The zero-order valence-electron chi connectivity index (χ0n) is 13.1. The van der Waals surface area contributed by atoms with Crippen molar-refractivity contribution in [3.05, 3.63) is 34.9 Å². The summed E-state index contributed by atoms with van der Waals surface area (Å²) in [6, 6.07) is 6.55. The summed E-state index contributed by atoms with van der Waals surface area (Å²) in [5.41, 5.74) is 3.92. The molecule has 0 heterocycles. The van der Waals surface area contributed by atoms with Crippen LogP contribution in [0.5, 0.6) is 0 Å². The van der Waals surface area contributed by atoms with Crippen LogP contribution in [0.2, 0.25) is 0 Å². The van der Waals surface area contributed by atoms with Crippen LogP contribution in [0.25, 0.3) is 0 Å². The minimum absolute atomic E-state index is 0.295. The quantitative estimate of drug-likeness (QED) is 0.694. The SMILES string of the molecule is CCCC(CCC)C(O)c1ccc(CC)c(CC)c1. The van der Waals surface area contributed by atoms with Crippen LogP contribution in [0.3, 0.4) is 0 Å². The molecule has 1 aromatic carbocycles. The molecule has 0 aliphatic heterocycles. The van der Waals surface area contributed by atoms with Crippen molar-refractivity contribution in [3.63, 3.8) is 0 Å². The van der Waals surface area contributed by atoms with E-state index in [0.717, 1.165) is 44.1 Å². The molecule has 1 heteroatoms. The summed E-state index contributed by atoms with van der Waals surface area (Å²) in [5.74, 6) is 0.409. The fraction of sp³-hybridized carbons (Fsp3) is 0.667. The van der Waals surface area contributed by atoms with Gasteiger partial charge in [-0.2, -0.15) is 0 Å². The molecule has 108 valence electrons. The van der Waals surface area contributed by atoms with Gasteiger partial charge in [0.1, 0.15) is 0 Å². The molecule has 0 radical (unpaired) electrons. The second-order valence-corrected chi connectivity index (χ2v) is 5.52. The number of hydrogen-bond donors (Lipinski definition) is 1. The fourth-order valence-electron chi connectivity index (χ4n) is 2.98. The molecule has 0 saturated heterocycles. The lowest BCUT2D eigenvalue weighted by molar-refractivity contribution is 0.0964. The molecule has 1 rings (SSSR count). The van der Waals surface area contributed by atoms with E-state index in [4.69, 9.17) is 0 Å². The van der Waals surface area contributed by atoms with Gasteiger partial charge in [0.15, 0.2) is 0 Å². The van der Waals surface area contributed by atoms with Gasteiger partial charge in [-0.3, -0.25) is 0 Å². The first-order valence-corrected chi connectivity index (χ1v) is 7.97. The van der Waals surface area contributed by atoms with Crippen molar-refractivity contribution < 1.29 is 5.11 Å². The predicted octanol–water partition coefficient (Wildman–Crippen LogP) is 5.06. The molecule has 0 saturated carbocycles. The zero-order chi connectivity index (χ0) is 14.3. The van der Waals surface area contributed by atoms with E-state index in [9.17, 15) is 5.11 Å². The van der Waals surface area contributed by atoms with E-state index in [2.05, 4.69) is 45.9 Å². The first-order chi connectivity index (χ1) is 9.17. The van der Waals surface area contributed by atoms with Gasteiger partial charge in [-0.1, -0.05) is 58.7 Å². The lowest BCUT2D eigenvalue weighted by Crippen LogP contribution is -2.13. The minimum Gasteiger partial charge on any atom is -0.388 e. The number of benzene rings is 1. The van der Waals surface area contributed by atoms with Gasteiger partial charge in [0.2, 0.25) is 0 Å². The Morgan fingerprint density at radius 1 is 0.895 bits per heavy atom. The van der Waals surface area contributed by atoms with Crippen LogP contribution in [0.4, 0.5) is 0 Å². The second kappa shape index (κ2) is 8.37. The van der Waals surface area contributed by atoms with Gasteiger partial charge in [0, 0.05) is 0 Å². The lowest BCUT2D eigenvalue weighted by atomic mass is 9.86. The third-order valence-electron chi connectivity index (χ3n) is 4.10. The highest BCUT2D eigenvalue weighted by Crippen LogP contribution is 2.30. The Kier molecular flexibility index (Phi) is 7.15. The first kappa shape index (κ1) is 16.2. The van der Waals surface area contributed by atoms with Crippen LogP contribution in [0.15, 0.2) is 18.2 Å².